The minimum atomic E-state index is -0.741. The number of nitro groups is 1. The van der Waals surface area contributed by atoms with E-state index in [0.717, 1.165) is 12.2 Å². The Balaban J connectivity index is 3.14. The monoisotopic (exact) mass is 303 g/mol. The van der Waals surface area contributed by atoms with Gasteiger partial charge in [0.25, 0.3) is 5.69 Å². The fourth-order valence-electron chi connectivity index (χ4n) is 1.44. The molecule has 22 heavy (non-hydrogen) atoms. The van der Waals surface area contributed by atoms with Gasteiger partial charge in [-0.3, -0.25) is 10.1 Å². The number of carbonyl (C=O) groups excluding carboxylic acids is 2. The fourth-order valence-corrected chi connectivity index (χ4v) is 1.44. The number of rotatable bonds is 6. The molecule has 0 aliphatic carbocycles. The van der Waals surface area contributed by atoms with E-state index in [-0.39, 0.29) is 23.6 Å². The normalized spacial score (nSPS) is 9.86. The number of non-ortho nitro benzene ring substituents is 1. The van der Waals surface area contributed by atoms with E-state index in [1.54, 1.807) is 6.92 Å². The third-order valence-corrected chi connectivity index (χ3v) is 2.32. The minimum absolute atomic E-state index is 0.0580. The van der Waals surface area contributed by atoms with Crippen molar-refractivity contribution in [1.82, 2.24) is 0 Å². The first kappa shape index (κ1) is 16.9. The number of nitrogens with zero attached hydrogens (tertiary/aromatic N) is 1. The van der Waals surface area contributed by atoms with Crippen molar-refractivity contribution < 1.29 is 24.0 Å². The number of esters is 2. The highest BCUT2D eigenvalue weighted by atomic mass is 16.6. The number of nitro benzene ring substituents is 1. The maximum atomic E-state index is 11.4. The lowest BCUT2D eigenvalue weighted by Gasteiger charge is -2.05. The van der Waals surface area contributed by atoms with Crippen LogP contribution in [0.3, 0.4) is 0 Å². The summed E-state index contributed by atoms with van der Waals surface area (Å²) in [5.74, 6) is -1.30. The van der Waals surface area contributed by atoms with Crippen LogP contribution in [0.5, 0.6) is 5.75 Å². The molecule has 0 fully saturated rings. The van der Waals surface area contributed by atoms with Crippen molar-refractivity contribution >= 4 is 23.7 Å². The Morgan fingerprint density at radius 2 is 2.14 bits per heavy atom. The molecule has 0 radical (unpaired) electrons. The second kappa shape index (κ2) is 8.18. The highest BCUT2D eigenvalue weighted by Gasteiger charge is 2.12. The molecule has 0 amide bonds. The number of benzene rings is 1. The summed E-state index contributed by atoms with van der Waals surface area (Å²) < 4.78 is 9.70. The number of hydrogen-bond acceptors (Lipinski definition) is 6. The zero-order chi connectivity index (χ0) is 16.5. The van der Waals surface area contributed by atoms with Crippen LogP contribution in [0.15, 0.2) is 42.7 Å². The molecule has 0 aromatic heterocycles. The zero-order valence-electron chi connectivity index (χ0n) is 11.8. The third-order valence-electron chi connectivity index (χ3n) is 2.32. The highest BCUT2D eigenvalue weighted by Crippen LogP contribution is 2.25. The van der Waals surface area contributed by atoms with Crippen molar-refractivity contribution in [3.63, 3.8) is 0 Å². The second-order valence-electron chi connectivity index (χ2n) is 3.83. The molecular formula is C15H13NO6. The van der Waals surface area contributed by atoms with E-state index < -0.39 is 16.9 Å². The van der Waals surface area contributed by atoms with Gasteiger partial charge in [0.1, 0.15) is 5.75 Å². The van der Waals surface area contributed by atoms with Crippen LogP contribution in [-0.4, -0.2) is 23.5 Å². The molecule has 114 valence electrons. The molecule has 0 aliphatic heterocycles. The lowest BCUT2D eigenvalue weighted by molar-refractivity contribution is -0.384. The standard InChI is InChI=1S/C15H13NO6/c1-3-5-15(18)22-13-8-7-12(16(19)20)10-11(13)6-9-14(17)21-4-2/h5-10H,1,4H2,2H3/b9-6+. The van der Waals surface area contributed by atoms with Crippen LogP contribution in [0, 0.1) is 10.1 Å². The molecule has 1 rings (SSSR count). The molecule has 0 heterocycles. The van der Waals surface area contributed by atoms with Crippen molar-refractivity contribution in [2.75, 3.05) is 6.61 Å². The van der Waals surface area contributed by atoms with Gasteiger partial charge in [-0.05, 0) is 19.1 Å². The van der Waals surface area contributed by atoms with Gasteiger partial charge in [-0.15, -0.1) is 5.73 Å². The molecule has 0 unspecified atom stereocenters. The zero-order valence-corrected chi connectivity index (χ0v) is 11.8. The molecule has 0 spiro atoms. The minimum Gasteiger partial charge on any atom is -0.463 e. The molecule has 0 saturated heterocycles. The topological polar surface area (TPSA) is 95.7 Å². The Morgan fingerprint density at radius 3 is 2.73 bits per heavy atom. The largest absolute Gasteiger partial charge is 0.463 e. The molecule has 0 aliphatic rings. The van der Waals surface area contributed by atoms with Crippen LogP contribution in [0.4, 0.5) is 5.69 Å². The first-order valence-corrected chi connectivity index (χ1v) is 6.18. The lowest BCUT2D eigenvalue weighted by Crippen LogP contribution is -2.05. The van der Waals surface area contributed by atoms with Gasteiger partial charge in [-0.2, -0.15) is 0 Å². The van der Waals surface area contributed by atoms with Gasteiger partial charge in [0, 0.05) is 23.8 Å². The summed E-state index contributed by atoms with van der Waals surface area (Å²) in [6, 6.07) is 3.62. The Labute approximate surface area is 126 Å². The summed E-state index contributed by atoms with van der Waals surface area (Å²) in [5, 5.41) is 10.8. The molecule has 0 bridgehead atoms. The first-order chi connectivity index (χ1) is 10.5. The molecular weight excluding hydrogens is 290 g/mol. The van der Waals surface area contributed by atoms with Crippen LogP contribution >= 0.6 is 0 Å². The van der Waals surface area contributed by atoms with Crippen LogP contribution in [0.1, 0.15) is 12.5 Å². The first-order valence-electron chi connectivity index (χ1n) is 6.18. The Bertz CT molecular complexity index is 671. The van der Waals surface area contributed by atoms with Crippen molar-refractivity contribution in [3.05, 3.63) is 58.3 Å². The van der Waals surface area contributed by atoms with Crippen molar-refractivity contribution in [3.8, 4) is 5.75 Å². The molecule has 0 atom stereocenters. The van der Waals surface area contributed by atoms with Gasteiger partial charge in [-0.25, -0.2) is 9.59 Å². The molecule has 1 aromatic rings. The van der Waals surface area contributed by atoms with Crippen molar-refractivity contribution in [2.24, 2.45) is 0 Å². The van der Waals surface area contributed by atoms with Gasteiger partial charge in [0.05, 0.1) is 17.6 Å². The van der Waals surface area contributed by atoms with Gasteiger partial charge >= 0.3 is 11.9 Å². The third kappa shape index (κ3) is 5.07. The van der Waals surface area contributed by atoms with Gasteiger partial charge < -0.3 is 9.47 Å². The van der Waals surface area contributed by atoms with Crippen LogP contribution in [0.2, 0.25) is 0 Å². The summed E-state index contributed by atoms with van der Waals surface area (Å²) in [7, 11) is 0. The molecule has 0 N–H and O–H groups in total. The van der Waals surface area contributed by atoms with Gasteiger partial charge in [-0.1, -0.05) is 6.58 Å². The molecule has 7 nitrogen and oxygen atoms in total. The molecule has 7 heteroatoms. The van der Waals surface area contributed by atoms with Crippen molar-refractivity contribution in [2.45, 2.75) is 6.92 Å². The second-order valence-corrected chi connectivity index (χ2v) is 3.83. The Kier molecular flexibility index (Phi) is 6.28. The van der Waals surface area contributed by atoms with E-state index in [4.69, 9.17) is 9.47 Å². The molecule has 1 aromatic carbocycles. The predicted octanol–water partition coefficient (Wildman–Crippen LogP) is 2.42. The quantitative estimate of drug-likeness (QED) is 0.200. The summed E-state index contributed by atoms with van der Waals surface area (Å²) in [6.45, 7) is 5.08. The number of carbonyl (C=O) groups is 2. The van der Waals surface area contributed by atoms with E-state index >= 15 is 0 Å². The van der Waals surface area contributed by atoms with Crippen molar-refractivity contribution in [1.29, 1.82) is 0 Å². The van der Waals surface area contributed by atoms with Gasteiger partial charge in [0.15, 0.2) is 0 Å². The van der Waals surface area contributed by atoms with Gasteiger partial charge in [0.2, 0.25) is 0 Å². The number of ether oxygens (including phenoxy) is 2. The summed E-state index contributed by atoms with van der Waals surface area (Å²) in [5.41, 5.74) is 2.24. The van der Waals surface area contributed by atoms with E-state index in [2.05, 4.69) is 12.3 Å². The average Bonchev–Trinajstić information content (AvgIpc) is 2.46. The fraction of sp³-hybridized carbons (Fsp3) is 0.133. The lowest BCUT2D eigenvalue weighted by atomic mass is 10.1. The maximum Gasteiger partial charge on any atom is 0.343 e. The van der Waals surface area contributed by atoms with E-state index in [1.165, 1.54) is 24.3 Å². The smallest absolute Gasteiger partial charge is 0.343 e. The van der Waals surface area contributed by atoms with Crippen LogP contribution < -0.4 is 4.74 Å². The SMILES string of the molecule is C=C=CC(=O)Oc1ccc([N+](=O)[O-])cc1/C=C/C(=O)OCC. The van der Waals surface area contributed by atoms with Crippen LogP contribution in [0.25, 0.3) is 6.08 Å². The number of hydrogen-bond donors (Lipinski definition) is 0. The van der Waals surface area contributed by atoms with E-state index in [1.807, 2.05) is 0 Å². The maximum absolute atomic E-state index is 11.4. The average molecular weight is 303 g/mol. The van der Waals surface area contributed by atoms with E-state index in [0.29, 0.717) is 0 Å². The predicted molar refractivity (Wildman–Crippen MR) is 78.1 cm³/mol. The van der Waals surface area contributed by atoms with Crippen LogP contribution in [-0.2, 0) is 14.3 Å². The van der Waals surface area contributed by atoms with E-state index in [9.17, 15) is 19.7 Å². The highest BCUT2D eigenvalue weighted by molar-refractivity contribution is 5.89. The summed E-state index contributed by atoms with van der Waals surface area (Å²) in [6.07, 6.45) is 3.33. The Hall–Kier alpha value is -3.18. The summed E-state index contributed by atoms with van der Waals surface area (Å²) >= 11 is 0. The Morgan fingerprint density at radius 1 is 1.41 bits per heavy atom. The molecule has 0 saturated carbocycles. The summed E-state index contributed by atoms with van der Waals surface area (Å²) in [4.78, 5) is 32.9.